The fourth-order valence-electron chi connectivity index (χ4n) is 3.68. The van der Waals surface area contributed by atoms with Gasteiger partial charge in [-0.05, 0) is 52.4 Å². The number of halogens is 2. The number of alkyl carbamates (subject to hydrolysis) is 1. The summed E-state index contributed by atoms with van der Waals surface area (Å²) in [5, 5.41) is 5.05. The summed E-state index contributed by atoms with van der Waals surface area (Å²) in [6.07, 6.45) is -0.600. The smallest absolute Gasteiger partial charge is 0.408 e. The van der Waals surface area contributed by atoms with E-state index in [4.69, 9.17) is 9.47 Å². The van der Waals surface area contributed by atoms with E-state index in [1.807, 2.05) is 27.7 Å². The van der Waals surface area contributed by atoms with Crippen molar-refractivity contribution in [3.63, 3.8) is 0 Å². The molecular weight excluding hydrogens is 478 g/mol. The number of carbonyl (C=O) groups is 4. The fourth-order valence-corrected chi connectivity index (χ4v) is 3.68. The first-order valence-electron chi connectivity index (χ1n) is 12.3. The summed E-state index contributed by atoms with van der Waals surface area (Å²) in [4.78, 5) is 51.4. The van der Waals surface area contributed by atoms with Gasteiger partial charge in [-0.25, -0.2) is 4.79 Å². The number of Topliss-reactive ketones (excluding diaryl/α,β-unsaturated/α-hetero) is 2. The SMILES string of the molecule is CC(C)C[C@H](CC(=O)[C@H](COC(F)F)NC(=O)OC(C)(C)C)C(=O)N[C@@H](CC(C)C)C(=O)[C@@]1(C)CO1. The van der Waals surface area contributed by atoms with Crippen LogP contribution in [0.3, 0.4) is 0 Å². The van der Waals surface area contributed by atoms with Gasteiger partial charge in [0.2, 0.25) is 5.91 Å². The number of amides is 2. The van der Waals surface area contributed by atoms with E-state index in [9.17, 15) is 28.0 Å². The zero-order valence-electron chi connectivity index (χ0n) is 22.6. The normalized spacial score (nSPS) is 20.1. The molecule has 0 bridgehead atoms. The minimum atomic E-state index is -3.15. The van der Waals surface area contributed by atoms with Crippen molar-refractivity contribution in [3.8, 4) is 0 Å². The number of ether oxygens (including phenoxy) is 3. The maximum atomic E-state index is 13.2. The molecule has 0 aromatic carbocycles. The molecule has 208 valence electrons. The Morgan fingerprint density at radius 1 is 0.972 bits per heavy atom. The zero-order valence-corrected chi connectivity index (χ0v) is 22.6. The second kappa shape index (κ2) is 13.4. The van der Waals surface area contributed by atoms with Crippen LogP contribution in [0.15, 0.2) is 0 Å². The number of ketones is 2. The van der Waals surface area contributed by atoms with Crippen LogP contribution >= 0.6 is 0 Å². The van der Waals surface area contributed by atoms with Gasteiger partial charge in [0.15, 0.2) is 11.6 Å². The van der Waals surface area contributed by atoms with Crippen LogP contribution in [0.4, 0.5) is 13.6 Å². The van der Waals surface area contributed by atoms with Crippen molar-refractivity contribution in [1.29, 1.82) is 0 Å². The van der Waals surface area contributed by atoms with Gasteiger partial charge in [-0.2, -0.15) is 8.78 Å². The Labute approximate surface area is 212 Å². The van der Waals surface area contributed by atoms with Crippen LogP contribution in [0.1, 0.15) is 74.7 Å². The van der Waals surface area contributed by atoms with Gasteiger partial charge >= 0.3 is 12.7 Å². The van der Waals surface area contributed by atoms with E-state index in [2.05, 4.69) is 15.4 Å². The number of alkyl halides is 2. The molecule has 1 saturated heterocycles. The molecule has 11 heteroatoms. The van der Waals surface area contributed by atoms with Crippen molar-refractivity contribution in [2.45, 2.75) is 105 Å². The quantitative estimate of drug-likeness (QED) is 0.316. The molecule has 2 amide bonds. The highest BCUT2D eigenvalue weighted by molar-refractivity contribution is 5.97. The predicted molar refractivity (Wildman–Crippen MR) is 128 cm³/mol. The number of carbonyl (C=O) groups excluding carboxylic acids is 4. The standard InChI is InChI=1S/C25H42F2N2O7/c1-14(2)9-16(21(32)28-17(10-15(3)4)20(31)25(8)13-35-25)11-19(30)18(12-34-22(26)27)29-23(33)36-24(5,6)7/h14-18,22H,9-13H2,1-8H3,(H,28,32)(H,29,33)/t16-,17+,18+,25-/m1/s1. The van der Waals surface area contributed by atoms with Gasteiger partial charge in [-0.1, -0.05) is 27.7 Å². The van der Waals surface area contributed by atoms with Crippen molar-refractivity contribution >= 4 is 23.6 Å². The van der Waals surface area contributed by atoms with Gasteiger partial charge in [0.05, 0.1) is 19.3 Å². The fraction of sp³-hybridized carbons (Fsp3) is 0.840. The molecule has 1 heterocycles. The lowest BCUT2D eigenvalue weighted by Crippen LogP contribution is -2.50. The zero-order chi connectivity index (χ0) is 27.8. The number of rotatable bonds is 15. The van der Waals surface area contributed by atoms with Crippen LogP contribution in [0.25, 0.3) is 0 Å². The molecular formula is C25H42F2N2O7. The van der Waals surface area contributed by atoms with Gasteiger partial charge in [-0.3, -0.25) is 14.4 Å². The van der Waals surface area contributed by atoms with Gasteiger partial charge in [-0.15, -0.1) is 0 Å². The lowest BCUT2D eigenvalue weighted by Gasteiger charge is -2.26. The van der Waals surface area contributed by atoms with E-state index in [1.165, 1.54) is 0 Å². The summed E-state index contributed by atoms with van der Waals surface area (Å²) in [7, 11) is 0. The Morgan fingerprint density at radius 3 is 1.97 bits per heavy atom. The van der Waals surface area contributed by atoms with E-state index < -0.39 is 60.2 Å². The third-order valence-electron chi connectivity index (χ3n) is 5.48. The first-order chi connectivity index (χ1) is 16.4. The first kappa shape index (κ1) is 31.9. The third-order valence-corrected chi connectivity index (χ3v) is 5.48. The molecule has 1 aliphatic rings. The Balaban J connectivity index is 3.02. The molecule has 0 spiro atoms. The molecule has 1 rings (SSSR count). The largest absolute Gasteiger partial charge is 0.444 e. The van der Waals surface area contributed by atoms with E-state index in [0.29, 0.717) is 12.8 Å². The molecule has 1 fully saturated rings. The summed E-state index contributed by atoms with van der Waals surface area (Å²) in [5.41, 5.74) is -1.80. The van der Waals surface area contributed by atoms with E-state index in [-0.39, 0.29) is 30.6 Å². The lowest BCUT2D eigenvalue weighted by molar-refractivity contribution is -0.144. The Morgan fingerprint density at radius 2 is 1.53 bits per heavy atom. The minimum absolute atomic E-state index is 0.0201. The van der Waals surface area contributed by atoms with Crippen LogP contribution in [0.2, 0.25) is 0 Å². The number of nitrogens with one attached hydrogen (secondary N) is 2. The number of hydrogen-bond acceptors (Lipinski definition) is 7. The average molecular weight is 521 g/mol. The predicted octanol–water partition coefficient (Wildman–Crippen LogP) is 3.63. The van der Waals surface area contributed by atoms with Gasteiger partial charge < -0.3 is 24.8 Å². The molecule has 0 saturated carbocycles. The van der Waals surface area contributed by atoms with Crippen molar-refractivity contribution < 1.29 is 42.2 Å². The molecule has 0 unspecified atom stereocenters. The summed E-state index contributed by atoms with van der Waals surface area (Å²) in [5.74, 6) is -2.10. The average Bonchev–Trinajstić information content (AvgIpc) is 3.45. The Kier molecular flexibility index (Phi) is 11.9. The topological polar surface area (TPSA) is 123 Å². The summed E-state index contributed by atoms with van der Waals surface area (Å²) in [6, 6.07) is -2.23. The number of epoxide rings is 1. The number of hydrogen-bond donors (Lipinski definition) is 2. The highest BCUT2D eigenvalue weighted by Gasteiger charge is 2.50. The lowest BCUT2D eigenvalue weighted by atomic mass is 9.88. The summed E-state index contributed by atoms with van der Waals surface area (Å²) >= 11 is 0. The molecule has 36 heavy (non-hydrogen) atoms. The second-order valence-electron chi connectivity index (χ2n) is 11.4. The van der Waals surface area contributed by atoms with Crippen LogP contribution in [-0.4, -0.2) is 66.7 Å². The van der Waals surface area contributed by atoms with Crippen molar-refractivity contribution in [2.75, 3.05) is 13.2 Å². The molecule has 1 aliphatic heterocycles. The van der Waals surface area contributed by atoms with E-state index >= 15 is 0 Å². The molecule has 4 atom stereocenters. The molecule has 9 nitrogen and oxygen atoms in total. The Bertz CT molecular complexity index is 777. The molecule has 2 N–H and O–H groups in total. The van der Waals surface area contributed by atoms with E-state index in [0.717, 1.165) is 0 Å². The molecule has 0 radical (unpaired) electrons. The highest BCUT2D eigenvalue weighted by Crippen LogP contribution is 2.30. The monoisotopic (exact) mass is 520 g/mol. The van der Waals surface area contributed by atoms with Crippen LogP contribution in [0, 0.1) is 17.8 Å². The van der Waals surface area contributed by atoms with Crippen LogP contribution in [0.5, 0.6) is 0 Å². The molecule has 0 aromatic heterocycles. The maximum absolute atomic E-state index is 13.2. The first-order valence-corrected chi connectivity index (χ1v) is 12.3. The minimum Gasteiger partial charge on any atom is -0.444 e. The van der Waals surface area contributed by atoms with Crippen LogP contribution in [-0.2, 0) is 28.6 Å². The van der Waals surface area contributed by atoms with Gasteiger partial charge in [0, 0.05) is 12.3 Å². The Hall–Kier alpha value is -2.14. The van der Waals surface area contributed by atoms with Crippen molar-refractivity contribution in [1.82, 2.24) is 10.6 Å². The highest BCUT2D eigenvalue weighted by atomic mass is 19.3. The van der Waals surface area contributed by atoms with Crippen LogP contribution < -0.4 is 10.6 Å². The van der Waals surface area contributed by atoms with Gasteiger partial charge in [0.1, 0.15) is 17.2 Å². The maximum Gasteiger partial charge on any atom is 0.408 e. The summed E-state index contributed by atoms with van der Waals surface area (Å²) in [6.45, 7) is 10.5. The summed E-state index contributed by atoms with van der Waals surface area (Å²) < 4.78 is 40.0. The van der Waals surface area contributed by atoms with Crippen molar-refractivity contribution in [2.24, 2.45) is 17.8 Å². The third kappa shape index (κ3) is 11.7. The molecule has 0 aromatic rings. The second-order valence-corrected chi connectivity index (χ2v) is 11.4. The van der Waals surface area contributed by atoms with Gasteiger partial charge in [0.25, 0.3) is 0 Å². The molecule has 0 aliphatic carbocycles. The van der Waals surface area contributed by atoms with Crippen molar-refractivity contribution in [3.05, 3.63) is 0 Å². The van der Waals surface area contributed by atoms with E-state index in [1.54, 1.807) is 27.7 Å².